The predicted octanol–water partition coefficient (Wildman–Crippen LogP) is 4.52. The number of rotatable bonds is 1. The highest BCUT2D eigenvalue weighted by molar-refractivity contribution is 6.31. The Labute approximate surface area is 143 Å². The van der Waals surface area contributed by atoms with Gasteiger partial charge >= 0.3 is 0 Å². The summed E-state index contributed by atoms with van der Waals surface area (Å²) in [4.78, 5) is 17.3. The van der Waals surface area contributed by atoms with Crippen LogP contribution in [0.3, 0.4) is 0 Å². The second kappa shape index (κ2) is 5.56. The Bertz CT molecular complexity index is 969. The second-order valence-electron chi connectivity index (χ2n) is 6.09. The Morgan fingerprint density at radius 2 is 1.88 bits per heavy atom. The number of hydrogen-bond donors (Lipinski definition) is 1. The number of nitrogens with zero attached hydrogens (tertiary/aromatic N) is 1. The summed E-state index contributed by atoms with van der Waals surface area (Å²) in [6.45, 7) is 0. The van der Waals surface area contributed by atoms with Crippen LogP contribution in [-0.2, 0) is 6.42 Å². The van der Waals surface area contributed by atoms with Gasteiger partial charge in [0.1, 0.15) is 5.82 Å². The van der Waals surface area contributed by atoms with E-state index in [1.54, 1.807) is 30.3 Å². The molecule has 0 radical (unpaired) electrons. The number of nitrogens with two attached hydrogens (primary N) is 1. The molecule has 2 aromatic carbocycles. The van der Waals surface area contributed by atoms with Gasteiger partial charge in [-0.1, -0.05) is 23.7 Å². The average molecular weight is 341 g/mol. The van der Waals surface area contributed by atoms with E-state index < -0.39 is 0 Å². The molecule has 3 aromatic rings. The summed E-state index contributed by atoms with van der Waals surface area (Å²) in [6.07, 6.45) is 0.950. The van der Waals surface area contributed by atoms with Gasteiger partial charge in [-0.25, -0.2) is 4.39 Å². The average Bonchev–Trinajstić information content (AvgIpc) is 2.56. The van der Waals surface area contributed by atoms with Gasteiger partial charge in [-0.2, -0.15) is 0 Å². The number of nitrogen functional groups attached to an aromatic ring is 1. The molecular formula is C19H14ClFN2O. The zero-order valence-electron chi connectivity index (χ0n) is 12.7. The van der Waals surface area contributed by atoms with Crippen LogP contribution in [0.2, 0.25) is 5.02 Å². The minimum Gasteiger partial charge on any atom is -0.398 e. The lowest BCUT2D eigenvalue weighted by Crippen LogP contribution is -2.22. The minimum absolute atomic E-state index is 0.0118. The number of halogens is 2. The molecule has 0 fully saturated rings. The number of pyridine rings is 1. The molecule has 3 nitrogen and oxygen atoms in total. The summed E-state index contributed by atoms with van der Waals surface area (Å²) in [6, 6.07) is 11.6. The lowest BCUT2D eigenvalue weighted by atomic mass is 9.80. The van der Waals surface area contributed by atoms with Gasteiger partial charge in [-0.15, -0.1) is 0 Å². The van der Waals surface area contributed by atoms with Crippen LogP contribution < -0.4 is 5.73 Å². The van der Waals surface area contributed by atoms with Gasteiger partial charge in [0.2, 0.25) is 0 Å². The Hall–Kier alpha value is -2.46. The van der Waals surface area contributed by atoms with E-state index in [9.17, 15) is 9.18 Å². The third-order valence-corrected chi connectivity index (χ3v) is 4.79. The summed E-state index contributed by atoms with van der Waals surface area (Å²) in [7, 11) is 0. The molecule has 24 heavy (non-hydrogen) atoms. The highest BCUT2D eigenvalue weighted by atomic mass is 35.5. The van der Waals surface area contributed by atoms with Gasteiger partial charge in [-0.05, 0) is 48.2 Å². The fraction of sp³-hybridized carbons (Fsp3) is 0.158. The maximum absolute atomic E-state index is 13.1. The van der Waals surface area contributed by atoms with E-state index in [4.69, 9.17) is 17.3 Å². The van der Waals surface area contributed by atoms with E-state index in [2.05, 4.69) is 4.98 Å². The van der Waals surface area contributed by atoms with Crippen molar-refractivity contribution in [1.29, 1.82) is 0 Å². The van der Waals surface area contributed by atoms with Gasteiger partial charge in [-0.3, -0.25) is 9.78 Å². The monoisotopic (exact) mass is 340 g/mol. The van der Waals surface area contributed by atoms with Crippen LogP contribution in [0.1, 0.15) is 34.0 Å². The number of fused-ring (bicyclic) bond motifs is 2. The molecule has 1 aromatic heterocycles. The predicted molar refractivity (Wildman–Crippen MR) is 93.0 cm³/mol. The lowest BCUT2D eigenvalue weighted by molar-refractivity contribution is 0.0964. The number of carbonyl (C=O) groups excluding carboxylic acids is 1. The summed E-state index contributed by atoms with van der Waals surface area (Å²) in [5, 5.41) is 1.26. The van der Waals surface area contributed by atoms with Crippen LogP contribution in [0.15, 0.2) is 42.5 Å². The number of carbonyl (C=O) groups is 1. The van der Waals surface area contributed by atoms with Crippen LogP contribution in [0.4, 0.5) is 10.1 Å². The van der Waals surface area contributed by atoms with E-state index in [0.29, 0.717) is 40.2 Å². The molecule has 0 saturated carbocycles. The number of aromatic nitrogens is 1. The van der Waals surface area contributed by atoms with Crippen molar-refractivity contribution in [1.82, 2.24) is 4.98 Å². The molecule has 0 spiro atoms. The molecular weight excluding hydrogens is 327 g/mol. The van der Waals surface area contributed by atoms with Crippen molar-refractivity contribution < 1.29 is 9.18 Å². The molecule has 1 aliphatic rings. The van der Waals surface area contributed by atoms with Crippen LogP contribution >= 0.6 is 11.6 Å². The molecule has 5 heteroatoms. The first kappa shape index (κ1) is 15.1. The first-order valence-corrected chi connectivity index (χ1v) is 8.07. The molecule has 0 amide bonds. The summed E-state index contributed by atoms with van der Waals surface area (Å²) < 4.78 is 13.1. The third-order valence-electron chi connectivity index (χ3n) is 4.55. The maximum Gasteiger partial charge on any atom is 0.167 e. The topological polar surface area (TPSA) is 56.0 Å². The molecule has 0 bridgehead atoms. The van der Waals surface area contributed by atoms with Crippen LogP contribution in [0.25, 0.3) is 10.9 Å². The first-order valence-electron chi connectivity index (χ1n) is 7.69. The number of Topliss-reactive ketones (excluding diaryl/α,β-unsaturated/α-hetero) is 1. The Morgan fingerprint density at radius 1 is 1.12 bits per heavy atom. The highest BCUT2D eigenvalue weighted by Crippen LogP contribution is 2.37. The van der Waals surface area contributed by atoms with Crippen molar-refractivity contribution in [3.63, 3.8) is 0 Å². The standard InChI is InChI=1S/C19H14ClFN2O/c20-12-3-6-15-14(9-12)19(22)18-16(23-15)7-11(8-17(18)24)10-1-4-13(21)5-2-10/h1-6,9,11H,7-8H2,(H2,22,23). The molecule has 1 atom stereocenters. The smallest absolute Gasteiger partial charge is 0.167 e. The Morgan fingerprint density at radius 3 is 2.62 bits per heavy atom. The Balaban J connectivity index is 1.83. The van der Waals surface area contributed by atoms with Crippen LogP contribution in [0, 0.1) is 5.82 Å². The van der Waals surface area contributed by atoms with E-state index in [1.807, 2.05) is 0 Å². The minimum atomic E-state index is -0.286. The fourth-order valence-electron chi connectivity index (χ4n) is 3.37. The zero-order valence-corrected chi connectivity index (χ0v) is 13.5. The summed E-state index contributed by atoms with van der Waals surface area (Å²) in [5.41, 5.74) is 9.55. The van der Waals surface area contributed by atoms with E-state index in [0.717, 1.165) is 11.1 Å². The maximum atomic E-state index is 13.1. The summed E-state index contributed by atoms with van der Waals surface area (Å²) in [5.74, 6) is -0.328. The number of benzene rings is 2. The van der Waals surface area contributed by atoms with Crippen molar-refractivity contribution in [2.75, 3.05) is 5.73 Å². The number of hydrogen-bond acceptors (Lipinski definition) is 3. The van der Waals surface area contributed by atoms with Crippen molar-refractivity contribution in [2.45, 2.75) is 18.8 Å². The van der Waals surface area contributed by atoms with E-state index in [1.165, 1.54) is 12.1 Å². The molecule has 1 heterocycles. The van der Waals surface area contributed by atoms with Gasteiger partial charge in [0, 0.05) is 16.8 Å². The lowest BCUT2D eigenvalue weighted by Gasteiger charge is -2.25. The quantitative estimate of drug-likeness (QED) is 0.708. The molecule has 4 rings (SSSR count). The molecule has 0 saturated heterocycles. The van der Waals surface area contributed by atoms with Crippen molar-refractivity contribution in [3.05, 3.63) is 70.1 Å². The Kier molecular flexibility index (Phi) is 3.50. The molecule has 120 valence electrons. The van der Waals surface area contributed by atoms with Crippen LogP contribution in [-0.4, -0.2) is 10.8 Å². The van der Waals surface area contributed by atoms with Gasteiger partial charge in [0.15, 0.2) is 5.78 Å². The third kappa shape index (κ3) is 2.43. The summed E-state index contributed by atoms with van der Waals surface area (Å²) >= 11 is 6.03. The fourth-order valence-corrected chi connectivity index (χ4v) is 3.55. The zero-order chi connectivity index (χ0) is 16.8. The van der Waals surface area contributed by atoms with Gasteiger partial charge in [0.05, 0.1) is 22.5 Å². The molecule has 2 N–H and O–H groups in total. The van der Waals surface area contributed by atoms with Crippen molar-refractivity contribution >= 4 is 34.0 Å². The van der Waals surface area contributed by atoms with Crippen molar-refractivity contribution in [2.24, 2.45) is 0 Å². The van der Waals surface area contributed by atoms with Gasteiger partial charge < -0.3 is 5.73 Å². The first-order chi connectivity index (χ1) is 11.5. The normalized spacial score (nSPS) is 17.1. The van der Waals surface area contributed by atoms with E-state index >= 15 is 0 Å². The number of anilines is 1. The number of ketones is 1. The van der Waals surface area contributed by atoms with E-state index in [-0.39, 0.29) is 17.5 Å². The van der Waals surface area contributed by atoms with Crippen LogP contribution in [0.5, 0.6) is 0 Å². The molecule has 1 unspecified atom stereocenters. The largest absolute Gasteiger partial charge is 0.398 e. The highest BCUT2D eigenvalue weighted by Gasteiger charge is 2.30. The van der Waals surface area contributed by atoms with Crippen molar-refractivity contribution in [3.8, 4) is 0 Å². The molecule has 0 aliphatic heterocycles. The second-order valence-corrected chi connectivity index (χ2v) is 6.52. The molecule has 1 aliphatic carbocycles. The van der Waals surface area contributed by atoms with Gasteiger partial charge in [0.25, 0.3) is 0 Å². The SMILES string of the molecule is Nc1c2c(nc3ccc(Cl)cc13)CC(c1ccc(F)cc1)CC2=O.